The van der Waals surface area contributed by atoms with Gasteiger partial charge in [-0.15, -0.1) is 0 Å². The van der Waals surface area contributed by atoms with Gasteiger partial charge in [-0.05, 0) is 36.3 Å². The number of halogens is 2. The third-order valence-electron chi connectivity index (χ3n) is 3.45. The van der Waals surface area contributed by atoms with E-state index >= 15 is 0 Å². The van der Waals surface area contributed by atoms with E-state index in [2.05, 4.69) is 11.9 Å². The van der Waals surface area contributed by atoms with E-state index in [0.29, 0.717) is 22.8 Å². The monoisotopic (exact) mass is 417 g/mol. The van der Waals surface area contributed by atoms with E-state index in [-0.39, 0.29) is 23.0 Å². The lowest BCUT2D eigenvalue weighted by atomic mass is 10.1. The molecule has 2 N–H and O–H groups in total. The summed E-state index contributed by atoms with van der Waals surface area (Å²) >= 11 is 12.3. The van der Waals surface area contributed by atoms with Crippen molar-refractivity contribution in [3.63, 3.8) is 0 Å². The molecular formula is C18H21Cl2NO4S. The molecule has 0 heterocycles. The van der Waals surface area contributed by atoms with Crippen LogP contribution < -0.4 is 5.32 Å². The average Bonchev–Trinajstić information content (AvgIpc) is 2.58. The SMILES string of the molecule is C=C/C=C(Nc1cc(Cl)ccc1CCC(=O)O)\C(Cl)=C/CS(=O)(=O)CC. The highest BCUT2D eigenvalue weighted by molar-refractivity contribution is 7.91. The third kappa shape index (κ3) is 7.64. The van der Waals surface area contributed by atoms with E-state index in [9.17, 15) is 13.2 Å². The quantitative estimate of drug-likeness (QED) is 0.551. The molecule has 0 aliphatic carbocycles. The highest BCUT2D eigenvalue weighted by atomic mass is 35.5. The topological polar surface area (TPSA) is 83.5 Å². The van der Waals surface area contributed by atoms with Crippen LogP contribution >= 0.6 is 23.2 Å². The van der Waals surface area contributed by atoms with Gasteiger partial charge in [-0.25, -0.2) is 8.42 Å². The molecule has 1 aromatic rings. The molecule has 8 heteroatoms. The first kappa shape index (κ1) is 22.3. The summed E-state index contributed by atoms with van der Waals surface area (Å²) in [6, 6.07) is 5.06. The van der Waals surface area contributed by atoms with Crippen LogP contribution in [-0.4, -0.2) is 31.0 Å². The van der Waals surface area contributed by atoms with Crippen molar-refractivity contribution < 1.29 is 18.3 Å². The van der Waals surface area contributed by atoms with Crippen LogP contribution in [-0.2, 0) is 21.1 Å². The second-order valence-electron chi connectivity index (χ2n) is 5.39. The van der Waals surface area contributed by atoms with E-state index in [1.165, 1.54) is 12.2 Å². The number of aryl methyl sites for hydroxylation is 1. The lowest BCUT2D eigenvalue weighted by Gasteiger charge is -2.15. The predicted octanol–water partition coefficient (Wildman–Crippen LogP) is 4.40. The molecule has 142 valence electrons. The largest absolute Gasteiger partial charge is 0.481 e. The molecule has 5 nitrogen and oxygen atoms in total. The summed E-state index contributed by atoms with van der Waals surface area (Å²) < 4.78 is 23.3. The maximum absolute atomic E-state index is 11.7. The molecule has 0 spiro atoms. The van der Waals surface area contributed by atoms with Crippen LogP contribution in [0.5, 0.6) is 0 Å². The third-order valence-corrected chi connectivity index (χ3v) is 5.59. The van der Waals surface area contributed by atoms with Crippen molar-refractivity contribution in [2.75, 3.05) is 16.8 Å². The maximum atomic E-state index is 11.7. The summed E-state index contributed by atoms with van der Waals surface area (Å²) in [4.78, 5) is 10.8. The van der Waals surface area contributed by atoms with Crippen molar-refractivity contribution in [3.05, 3.63) is 64.3 Å². The zero-order valence-electron chi connectivity index (χ0n) is 14.3. The van der Waals surface area contributed by atoms with Gasteiger partial charge in [0.15, 0.2) is 9.84 Å². The molecule has 0 radical (unpaired) electrons. The molecule has 0 atom stereocenters. The van der Waals surface area contributed by atoms with E-state index in [1.807, 2.05) is 0 Å². The Morgan fingerprint density at radius 2 is 2.08 bits per heavy atom. The fourth-order valence-corrected chi connectivity index (χ4v) is 3.10. The number of hydrogen-bond donors (Lipinski definition) is 2. The molecule has 0 amide bonds. The van der Waals surface area contributed by atoms with Gasteiger partial charge in [0.05, 0.1) is 16.5 Å². The van der Waals surface area contributed by atoms with E-state index < -0.39 is 15.8 Å². The second-order valence-corrected chi connectivity index (χ2v) is 8.63. The lowest BCUT2D eigenvalue weighted by molar-refractivity contribution is -0.136. The number of aliphatic carboxylic acids is 1. The van der Waals surface area contributed by atoms with E-state index in [1.54, 1.807) is 31.2 Å². The van der Waals surface area contributed by atoms with Crippen LogP contribution in [0.15, 0.2) is 53.7 Å². The number of hydrogen-bond acceptors (Lipinski definition) is 4. The Bertz CT molecular complexity index is 830. The van der Waals surface area contributed by atoms with Crippen molar-refractivity contribution in [2.24, 2.45) is 0 Å². The molecule has 0 bridgehead atoms. The number of anilines is 1. The zero-order chi connectivity index (χ0) is 19.7. The van der Waals surface area contributed by atoms with Crippen LogP contribution in [0.1, 0.15) is 18.9 Å². The number of carbonyl (C=O) groups is 1. The minimum absolute atomic E-state index is 0.0230. The molecule has 1 rings (SSSR count). The van der Waals surface area contributed by atoms with Crippen molar-refractivity contribution in [3.8, 4) is 0 Å². The van der Waals surface area contributed by atoms with Crippen LogP contribution in [0.3, 0.4) is 0 Å². The summed E-state index contributed by atoms with van der Waals surface area (Å²) in [6.45, 7) is 5.19. The molecule has 0 aliphatic heterocycles. The minimum Gasteiger partial charge on any atom is -0.481 e. The van der Waals surface area contributed by atoms with Gasteiger partial charge < -0.3 is 10.4 Å². The molecule has 0 aliphatic rings. The minimum atomic E-state index is -3.20. The van der Waals surface area contributed by atoms with Crippen LogP contribution in [0.2, 0.25) is 5.02 Å². The Kier molecular flexibility index (Phi) is 8.92. The number of benzene rings is 1. The summed E-state index contributed by atoms with van der Waals surface area (Å²) in [5.41, 5.74) is 1.78. The molecular weight excluding hydrogens is 397 g/mol. The number of rotatable bonds is 10. The number of allylic oxidation sites excluding steroid dienone is 3. The number of sulfone groups is 1. The number of nitrogens with one attached hydrogen (secondary N) is 1. The molecule has 0 unspecified atom stereocenters. The van der Waals surface area contributed by atoms with Gasteiger partial charge in [0, 0.05) is 22.9 Å². The Morgan fingerprint density at radius 1 is 1.38 bits per heavy atom. The average molecular weight is 418 g/mol. The zero-order valence-corrected chi connectivity index (χ0v) is 16.7. The summed E-state index contributed by atoms with van der Waals surface area (Å²) in [5.74, 6) is -1.06. The first-order valence-electron chi connectivity index (χ1n) is 7.85. The summed E-state index contributed by atoms with van der Waals surface area (Å²) in [7, 11) is -3.20. The predicted molar refractivity (Wildman–Crippen MR) is 108 cm³/mol. The molecule has 0 saturated carbocycles. The molecule has 0 aromatic heterocycles. The van der Waals surface area contributed by atoms with Gasteiger partial charge in [0.1, 0.15) is 0 Å². The van der Waals surface area contributed by atoms with E-state index in [0.717, 1.165) is 5.56 Å². The Labute approximate surface area is 163 Å². The van der Waals surface area contributed by atoms with Crippen molar-refractivity contribution in [1.29, 1.82) is 0 Å². The van der Waals surface area contributed by atoms with Crippen LogP contribution in [0, 0.1) is 0 Å². The normalized spacial score (nSPS) is 12.7. The van der Waals surface area contributed by atoms with Gasteiger partial charge >= 0.3 is 5.97 Å². The first-order chi connectivity index (χ1) is 12.2. The molecule has 26 heavy (non-hydrogen) atoms. The molecule has 0 fully saturated rings. The van der Waals surface area contributed by atoms with Gasteiger partial charge in [-0.2, -0.15) is 0 Å². The summed E-state index contributed by atoms with van der Waals surface area (Å²) in [6.07, 6.45) is 4.79. The fourth-order valence-electron chi connectivity index (χ4n) is 2.00. The highest BCUT2D eigenvalue weighted by Gasteiger charge is 2.11. The molecule has 1 aromatic carbocycles. The Hall–Kier alpha value is -1.76. The van der Waals surface area contributed by atoms with Crippen molar-refractivity contribution in [1.82, 2.24) is 0 Å². The summed E-state index contributed by atoms with van der Waals surface area (Å²) in [5, 5.41) is 12.7. The first-order valence-corrected chi connectivity index (χ1v) is 10.4. The molecule has 0 saturated heterocycles. The fraction of sp³-hybridized carbons (Fsp3) is 0.278. The van der Waals surface area contributed by atoms with Crippen molar-refractivity contribution in [2.45, 2.75) is 19.8 Å². The van der Waals surface area contributed by atoms with E-state index in [4.69, 9.17) is 28.3 Å². The second kappa shape index (κ2) is 10.4. The lowest BCUT2D eigenvalue weighted by Crippen LogP contribution is -2.08. The van der Waals surface area contributed by atoms with Crippen molar-refractivity contribution >= 4 is 44.7 Å². The number of carboxylic acids is 1. The maximum Gasteiger partial charge on any atom is 0.303 e. The van der Waals surface area contributed by atoms with Gasteiger partial charge in [0.2, 0.25) is 0 Å². The standard InChI is InChI=1S/C18H21Cl2NO4S/c1-3-5-16(15(20)10-11-26(24,25)4-2)21-17-12-14(19)8-6-13(17)7-9-18(22)23/h3,5-6,8,10,12,21H,1,4,7,9,11H2,2H3,(H,22,23)/b15-10+,16-5+. The Balaban J connectivity index is 3.12. The van der Waals surface area contributed by atoms with Crippen LogP contribution in [0.25, 0.3) is 0 Å². The van der Waals surface area contributed by atoms with Crippen LogP contribution in [0.4, 0.5) is 5.69 Å². The number of carboxylic acid groups (broad SMARTS) is 1. The smallest absolute Gasteiger partial charge is 0.303 e. The van der Waals surface area contributed by atoms with Gasteiger partial charge in [-0.3, -0.25) is 4.79 Å². The van der Waals surface area contributed by atoms with Gasteiger partial charge in [0.25, 0.3) is 0 Å². The Morgan fingerprint density at radius 3 is 2.65 bits per heavy atom. The highest BCUT2D eigenvalue weighted by Crippen LogP contribution is 2.26. The van der Waals surface area contributed by atoms with Gasteiger partial charge in [-0.1, -0.05) is 48.8 Å².